The average Bonchev–Trinajstić information content (AvgIpc) is 2.56. The van der Waals surface area contributed by atoms with Gasteiger partial charge in [-0.2, -0.15) is 12.6 Å². The molecule has 2 nitrogen and oxygen atoms in total. The van der Waals surface area contributed by atoms with Crippen molar-refractivity contribution in [3.05, 3.63) is 24.2 Å². The van der Waals surface area contributed by atoms with Crippen LogP contribution in [-0.4, -0.2) is 24.2 Å². The summed E-state index contributed by atoms with van der Waals surface area (Å²) in [6.07, 6.45) is 1.71. The second-order valence-corrected chi connectivity index (χ2v) is 3.93. The Hall–Kier alpha value is -0.410. The Morgan fingerprint density at radius 1 is 1.62 bits per heavy atom. The van der Waals surface area contributed by atoms with Crippen LogP contribution in [-0.2, 0) is 6.54 Å². The molecule has 74 valence electrons. The molecule has 0 aliphatic carbocycles. The van der Waals surface area contributed by atoms with Gasteiger partial charge in [-0.3, -0.25) is 4.90 Å². The molecule has 1 aromatic heterocycles. The molecule has 13 heavy (non-hydrogen) atoms. The molecule has 0 radical (unpaired) electrons. The van der Waals surface area contributed by atoms with E-state index < -0.39 is 0 Å². The zero-order chi connectivity index (χ0) is 9.68. The van der Waals surface area contributed by atoms with E-state index in [0.29, 0.717) is 5.92 Å². The predicted molar refractivity (Wildman–Crippen MR) is 58.1 cm³/mol. The van der Waals surface area contributed by atoms with Crippen LogP contribution in [0, 0.1) is 5.92 Å². The van der Waals surface area contributed by atoms with Crippen LogP contribution in [0.2, 0.25) is 0 Å². The molecule has 0 bridgehead atoms. The summed E-state index contributed by atoms with van der Waals surface area (Å²) in [6, 6.07) is 3.92. The summed E-state index contributed by atoms with van der Waals surface area (Å²) >= 11 is 4.25. The molecule has 1 atom stereocenters. The van der Waals surface area contributed by atoms with Gasteiger partial charge in [-0.15, -0.1) is 0 Å². The lowest BCUT2D eigenvalue weighted by Gasteiger charge is -2.18. The Balaban J connectivity index is 2.29. The Bertz CT molecular complexity index is 223. The molecule has 0 aromatic carbocycles. The van der Waals surface area contributed by atoms with Gasteiger partial charge in [0.1, 0.15) is 5.76 Å². The predicted octanol–water partition coefficient (Wildman–Crippen LogP) is 2.28. The van der Waals surface area contributed by atoms with Crippen molar-refractivity contribution in [2.24, 2.45) is 5.92 Å². The summed E-state index contributed by atoms with van der Waals surface area (Å²) < 4.78 is 5.26. The van der Waals surface area contributed by atoms with E-state index in [1.807, 2.05) is 12.1 Å². The van der Waals surface area contributed by atoms with Gasteiger partial charge in [0.05, 0.1) is 12.8 Å². The summed E-state index contributed by atoms with van der Waals surface area (Å²) in [4.78, 5) is 2.25. The molecule has 1 unspecified atom stereocenters. The van der Waals surface area contributed by atoms with E-state index in [2.05, 4.69) is 31.5 Å². The van der Waals surface area contributed by atoms with Crippen LogP contribution in [0.1, 0.15) is 12.7 Å². The average molecular weight is 199 g/mol. The quantitative estimate of drug-likeness (QED) is 0.732. The minimum atomic E-state index is 0.628. The van der Waals surface area contributed by atoms with Crippen LogP contribution < -0.4 is 0 Å². The van der Waals surface area contributed by atoms with Gasteiger partial charge in [-0.05, 0) is 30.9 Å². The van der Waals surface area contributed by atoms with E-state index in [9.17, 15) is 0 Å². The summed E-state index contributed by atoms with van der Waals surface area (Å²) in [7, 11) is 2.10. The summed E-state index contributed by atoms with van der Waals surface area (Å²) in [5.41, 5.74) is 0. The summed E-state index contributed by atoms with van der Waals surface area (Å²) in [5.74, 6) is 2.58. The fraction of sp³-hybridized carbons (Fsp3) is 0.600. The first-order chi connectivity index (χ1) is 6.22. The van der Waals surface area contributed by atoms with Gasteiger partial charge in [0.15, 0.2) is 0 Å². The molecule has 1 rings (SSSR count). The third-order valence-corrected chi connectivity index (χ3v) is 2.56. The second-order valence-electron chi connectivity index (χ2n) is 3.56. The highest BCUT2D eigenvalue weighted by Crippen LogP contribution is 2.06. The monoisotopic (exact) mass is 199 g/mol. The number of hydrogen-bond donors (Lipinski definition) is 1. The lowest BCUT2D eigenvalue weighted by molar-refractivity contribution is 0.267. The molecule has 0 aliphatic rings. The van der Waals surface area contributed by atoms with Crippen molar-refractivity contribution in [2.75, 3.05) is 19.3 Å². The molecule has 0 spiro atoms. The molecule has 0 saturated carbocycles. The largest absolute Gasteiger partial charge is 0.468 e. The SMILES string of the molecule is CC(CS)CN(C)Cc1ccco1. The summed E-state index contributed by atoms with van der Waals surface area (Å²) in [5, 5.41) is 0. The van der Waals surface area contributed by atoms with E-state index in [1.165, 1.54) is 0 Å². The maximum absolute atomic E-state index is 5.26. The molecular weight excluding hydrogens is 182 g/mol. The van der Waals surface area contributed by atoms with Crippen LogP contribution in [0.3, 0.4) is 0 Å². The normalized spacial score (nSPS) is 13.5. The van der Waals surface area contributed by atoms with E-state index in [1.54, 1.807) is 6.26 Å². The maximum Gasteiger partial charge on any atom is 0.117 e. The molecular formula is C10H17NOS. The molecule has 0 saturated heterocycles. The second kappa shape index (κ2) is 5.35. The fourth-order valence-electron chi connectivity index (χ4n) is 1.32. The van der Waals surface area contributed by atoms with Gasteiger partial charge in [-0.1, -0.05) is 6.92 Å². The Morgan fingerprint density at radius 2 is 2.38 bits per heavy atom. The Labute approximate surface area is 85.3 Å². The van der Waals surface area contributed by atoms with Gasteiger partial charge in [0.25, 0.3) is 0 Å². The van der Waals surface area contributed by atoms with Crippen molar-refractivity contribution in [3.63, 3.8) is 0 Å². The van der Waals surface area contributed by atoms with E-state index in [-0.39, 0.29) is 0 Å². The Kier molecular flexibility index (Phi) is 4.39. The van der Waals surface area contributed by atoms with E-state index in [4.69, 9.17) is 4.42 Å². The van der Waals surface area contributed by atoms with Crippen molar-refractivity contribution in [1.82, 2.24) is 4.90 Å². The minimum absolute atomic E-state index is 0.628. The first-order valence-corrected chi connectivity index (χ1v) is 5.17. The zero-order valence-corrected chi connectivity index (χ0v) is 9.13. The first kappa shape index (κ1) is 10.7. The van der Waals surface area contributed by atoms with Crippen molar-refractivity contribution in [3.8, 4) is 0 Å². The molecule has 0 amide bonds. The van der Waals surface area contributed by atoms with Crippen LogP contribution >= 0.6 is 12.6 Å². The van der Waals surface area contributed by atoms with Gasteiger partial charge in [0.2, 0.25) is 0 Å². The topological polar surface area (TPSA) is 16.4 Å². The molecule has 0 fully saturated rings. The third-order valence-electron chi connectivity index (χ3n) is 1.94. The van der Waals surface area contributed by atoms with E-state index >= 15 is 0 Å². The fourth-order valence-corrected chi connectivity index (χ4v) is 1.44. The number of hydrogen-bond acceptors (Lipinski definition) is 3. The van der Waals surface area contributed by atoms with Gasteiger partial charge in [0, 0.05) is 6.54 Å². The first-order valence-electron chi connectivity index (χ1n) is 4.54. The van der Waals surface area contributed by atoms with Crippen LogP contribution in [0.5, 0.6) is 0 Å². The number of thiol groups is 1. The number of nitrogens with zero attached hydrogens (tertiary/aromatic N) is 1. The smallest absolute Gasteiger partial charge is 0.117 e. The molecule has 1 heterocycles. The van der Waals surface area contributed by atoms with Crippen LogP contribution in [0.25, 0.3) is 0 Å². The van der Waals surface area contributed by atoms with Crippen LogP contribution in [0.4, 0.5) is 0 Å². The van der Waals surface area contributed by atoms with Crippen LogP contribution in [0.15, 0.2) is 22.8 Å². The van der Waals surface area contributed by atoms with Crippen molar-refractivity contribution >= 4 is 12.6 Å². The van der Waals surface area contributed by atoms with Gasteiger partial charge >= 0.3 is 0 Å². The lowest BCUT2D eigenvalue weighted by atomic mass is 10.2. The molecule has 3 heteroatoms. The highest BCUT2D eigenvalue weighted by atomic mass is 32.1. The van der Waals surface area contributed by atoms with Gasteiger partial charge in [-0.25, -0.2) is 0 Å². The Morgan fingerprint density at radius 3 is 2.92 bits per heavy atom. The zero-order valence-electron chi connectivity index (χ0n) is 8.23. The maximum atomic E-state index is 5.26. The number of rotatable bonds is 5. The van der Waals surface area contributed by atoms with Crippen molar-refractivity contribution in [1.29, 1.82) is 0 Å². The molecule has 0 aliphatic heterocycles. The minimum Gasteiger partial charge on any atom is -0.468 e. The molecule has 0 N–H and O–H groups in total. The third kappa shape index (κ3) is 3.87. The van der Waals surface area contributed by atoms with E-state index in [0.717, 1.165) is 24.6 Å². The highest BCUT2D eigenvalue weighted by Gasteiger charge is 2.06. The highest BCUT2D eigenvalue weighted by molar-refractivity contribution is 7.80. The number of furan rings is 1. The van der Waals surface area contributed by atoms with Gasteiger partial charge < -0.3 is 4.42 Å². The van der Waals surface area contributed by atoms with Crippen molar-refractivity contribution in [2.45, 2.75) is 13.5 Å². The summed E-state index contributed by atoms with van der Waals surface area (Å²) in [6.45, 7) is 4.14. The standard InChI is InChI=1S/C10H17NOS/c1-9(8-13)6-11(2)7-10-4-3-5-12-10/h3-5,9,13H,6-8H2,1-2H3. The van der Waals surface area contributed by atoms with Crippen molar-refractivity contribution < 1.29 is 4.42 Å². The molecule has 1 aromatic rings. The lowest BCUT2D eigenvalue weighted by Crippen LogP contribution is -2.24.